The molecule has 0 radical (unpaired) electrons. The van der Waals surface area contributed by atoms with Gasteiger partial charge in [-0.05, 0) is 36.1 Å². The van der Waals surface area contributed by atoms with Crippen LogP contribution < -0.4 is 5.32 Å². The zero-order valence-electron chi connectivity index (χ0n) is 15.0. The van der Waals surface area contributed by atoms with Gasteiger partial charge in [0.1, 0.15) is 5.76 Å². The first-order valence-corrected chi connectivity index (χ1v) is 9.64. The Balaban J connectivity index is 1.61. The monoisotopic (exact) mass is 388 g/mol. The molecule has 0 saturated heterocycles. The largest absolute Gasteiger partial charge is 0.440 e. The topological polar surface area (TPSA) is 55.1 Å². The second kappa shape index (κ2) is 7.64. The number of hydrogen-bond acceptors (Lipinski definition) is 4. The highest BCUT2D eigenvalue weighted by molar-refractivity contribution is 7.13. The Morgan fingerprint density at radius 1 is 1.27 bits per heavy atom. The van der Waals surface area contributed by atoms with Gasteiger partial charge >= 0.3 is 0 Å². The average Bonchev–Trinajstić information content (AvgIpc) is 3.24. The van der Waals surface area contributed by atoms with Crippen LogP contribution in [0, 0.1) is 6.92 Å². The minimum atomic E-state index is -0.193. The smallest absolute Gasteiger partial charge is 0.236 e. The highest BCUT2D eigenvalue weighted by Gasteiger charge is 2.22. The van der Waals surface area contributed by atoms with Crippen molar-refractivity contribution in [1.82, 2.24) is 10.3 Å². The summed E-state index contributed by atoms with van der Waals surface area (Å²) in [6.45, 7) is 6.55. The molecule has 3 rings (SSSR count). The first-order valence-electron chi connectivity index (χ1n) is 8.38. The first-order chi connectivity index (χ1) is 12.3. The number of halogens is 1. The van der Waals surface area contributed by atoms with E-state index in [1.165, 1.54) is 0 Å². The molecule has 0 aliphatic rings. The van der Waals surface area contributed by atoms with Crippen LogP contribution in [0.15, 0.2) is 46.2 Å². The summed E-state index contributed by atoms with van der Waals surface area (Å²) in [6, 6.07) is 11.6. The van der Waals surface area contributed by atoms with Crippen molar-refractivity contribution in [2.75, 3.05) is 6.54 Å². The van der Waals surface area contributed by atoms with Gasteiger partial charge in [-0.2, -0.15) is 0 Å². The molecule has 0 unspecified atom stereocenters. The summed E-state index contributed by atoms with van der Waals surface area (Å²) in [5.74, 6) is 1.18. The maximum absolute atomic E-state index is 12.4. The number of hydrogen-bond donors (Lipinski definition) is 1. The van der Waals surface area contributed by atoms with Crippen molar-refractivity contribution in [3.05, 3.63) is 63.8 Å². The molecule has 0 saturated carbocycles. The number of oxazole rings is 1. The second-order valence-corrected chi connectivity index (χ2v) is 8.23. The van der Waals surface area contributed by atoms with Crippen LogP contribution >= 0.6 is 22.9 Å². The Morgan fingerprint density at radius 3 is 2.65 bits per heavy atom. The molecule has 4 nitrogen and oxygen atoms in total. The molecule has 0 atom stereocenters. The number of benzene rings is 1. The molecule has 1 N–H and O–H groups in total. The number of rotatable bonds is 6. The lowest BCUT2D eigenvalue weighted by Gasteiger charge is -2.25. The maximum atomic E-state index is 12.4. The van der Waals surface area contributed by atoms with Gasteiger partial charge in [-0.15, -0.1) is 11.3 Å². The number of carbonyl (C=O) groups is 1. The molecule has 0 aliphatic carbocycles. The minimum Gasteiger partial charge on any atom is -0.440 e. The summed E-state index contributed by atoms with van der Waals surface area (Å²) >= 11 is 7.51. The van der Waals surface area contributed by atoms with Crippen molar-refractivity contribution in [3.63, 3.8) is 0 Å². The fourth-order valence-electron chi connectivity index (χ4n) is 2.63. The second-order valence-electron chi connectivity index (χ2n) is 6.84. The molecule has 0 bridgehead atoms. The van der Waals surface area contributed by atoms with Gasteiger partial charge < -0.3 is 9.73 Å². The molecule has 26 heavy (non-hydrogen) atoms. The van der Waals surface area contributed by atoms with E-state index in [1.807, 2.05) is 48.7 Å². The van der Waals surface area contributed by atoms with Crippen LogP contribution in [0.2, 0.25) is 5.02 Å². The van der Waals surface area contributed by atoms with Gasteiger partial charge in [-0.25, -0.2) is 4.98 Å². The molecule has 1 amide bonds. The highest BCUT2D eigenvalue weighted by atomic mass is 35.5. The van der Waals surface area contributed by atoms with Gasteiger partial charge in [-0.3, -0.25) is 4.79 Å². The number of aromatic nitrogens is 1. The standard InChI is InChI=1S/C20H21ClN2O2S/c1-13-16(23-19(25-13)17-5-4-10-26-17)11-18(24)22-12-20(2,3)14-6-8-15(21)9-7-14/h4-10H,11-12H2,1-3H3,(H,22,24). The van der Waals surface area contributed by atoms with Gasteiger partial charge in [0.15, 0.2) is 0 Å². The van der Waals surface area contributed by atoms with E-state index in [2.05, 4.69) is 24.1 Å². The molecule has 0 spiro atoms. The molecule has 0 fully saturated rings. The molecule has 136 valence electrons. The third-order valence-electron chi connectivity index (χ3n) is 4.31. The predicted molar refractivity (Wildman–Crippen MR) is 106 cm³/mol. The SMILES string of the molecule is Cc1oc(-c2cccs2)nc1CC(=O)NCC(C)(C)c1ccc(Cl)cc1. The third kappa shape index (κ3) is 4.34. The number of amides is 1. The van der Waals surface area contributed by atoms with Crippen LogP contribution in [0.4, 0.5) is 0 Å². The van der Waals surface area contributed by atoms with Crippen molar-refractivity contribution in [1.29, 1.82) is 0 Å². The van der Waals surface area contributed by atoms with E-state index in [0.29, 0.717) is 28.9 Å². The highest BCUT2D eigenvalue weighted by Crippen LogP contribution is 2.26. The third-order valence-corrected chi connectivity index (χ3v) is 5.42. The lowest BCUT2D eigenvalue weighted by Crippen LogP contribution is -2.37. The van der Waals surface area contributed by atoms with E-state index in [4.69, 9.17) is 16.0 Å². The summed E-state index contributed by atoms with van der Waals surface area (Å²) in [4.78, 5) is 17.8. The van der Waals surface area contributed by atoms with E-state index in [1.54, 1.807) is 11.3 Å². The summed E-state index contributed by atoms with van der Waals surface area (Å²) < 4.78 is 5.69. The maximum Gasteiger partial charge on any atom is 0.236 e. The van der Waals surface area contributed by atoms with E-state index in [-0.39, 0.29) is 17.7 Å². The van der Waals surface area contributed by atoms with Crippen molar-refractivity contribution in [2.45, 2.75) is 32.6 Å². The van der Waals surface area contributed by atoms with Gasteiger partial charge in [0.05, 0.1) is 17.0 Å². The number of nitrogens with one attached hydrogen (secondary N) is 1. The molecule has 1 aromatic carbocycles. The lowest BCUT2D eigenvalue weighted by molar-refractivity contribution is -0.120. The number of nitrogens with zero attached hydrogens (tertiary/aromatic N) is 1. The van der Waals surface area contributed by atoms with Crippen molar-refractivity contribution >= 4 is 28.8 Å². The van der Waals surface area contributed by atoms with Crippen molar-refractivity contribution in [2.24, 2.45) is 0 Å². The van der Waals surface area contributed by atoms with Crippen LogP contribution in [0.3, 0.4) is 0 Å². The zero-order valence-corrected chi connectivity index (χ0v) is 16.6. The summed E-state index contributed by atoms with van der Waals surface area (Å²) in [7, 11) is 0. The fraction of sp³-hybridized carbons (Fsp3) is 0.300. The lowest BCUT2D eigenvalue weighted by atomic mass is 9.84. The Hall–Kier alpha value is -2.11. The molecular formula is C20H21ClN2O2S. The van der Waals surface area contributed by atoms with Crippen molar-refractivity contribution in [3.8, 4) is 10.8 Å². The van der Waals surface area contributed by atoms with Gasteiger partial charge in [0, 0.05) is 17.0 Å². The van der Waals surface area contributed by atoms with E-state index < -0.39 is 0 Å². The van der Waals surface area contributed by atoms with E-state index in [9.17, 15) is 4.79 Å². The summed E-state index contributed by atoms with van der Waals surface area (Å²) in [5.41, 5.74) is 1.61. The summed E-state index contributed by atoms with van der Waals surface area (Å²) in [6.07, 6.45) is 0.206. The number of thiophene rings is 1. The van der Waals surface area contributed by atoms with E-state index >= 15 is 0 Å². The van der Waals surface area contributed by atoms with Gasteiger partial charge in [0.2, 0.25) is 11.8 Å². The molecule has 0 aliphatic heterocycles. The normalized spacial score (nSPS) is 11.5. The van der Waals surface area contributed by atoms with Crippen LogP contribution in [0.25, 0.3) is 10.8 Å². The molecule has 3 aromatic rings. The van der Waals surface area contributed by atoms with Crippen LogP contribution in [0.5, 0.6) is 0 Å². The molecule has 2 aromatic heterocycles. The Morgan fingerprint density at radius 2 is 2.00 bits per heavy atom. The average molecular weight is 389 g/mol. The van der Waals surface area contributed by atoms with Crippen LogP contribution in [-0.4, -0.2) is 17.4 Å². The minimum absolute atomic E-state index is 0.0684. The predicted octanol–water partition coefficient (Wildman–Crippen LogP) is 5.00. The first kappa shape index (κ1) is 18.7. The number of aryl methyl sites for hydroxylation is 1. The molecule has 6 heteroatoms. The Kier molecular flexibility index (Phi) is 5.49. The zero-order chi connectivity index (χ0) is 18.7. The Labute approximate surface area is 162 Å². The number of carbonyl (C=O) groups excluding carboxylic acids is 1. The summed E-state index contributed by atoms with van der Waals surface area (Å²) in [5, 5.41) is 5.68. The molecular weight excluding hydrogens is 368 g/mol. The quantitative estimate of drug-likeness (QED) is 0.646. The van der Waals surface area contributed by atoms with Crippen molar-refractivity contribution < 1.29 is 9.21 Å². The fourth-order valence-corrected chi connectivity index (χ4v) is 3.41. The van der Waals surface area contributed by atoms with Crippen LogP contribution in [-0.2, 0) is 16.6 Å². The Bertz CT molecular complexity index is 883. The van der Waals surface area contributed by atoms with Gasteiger partial charge in [0.25, 0.3) is 0 Å². The molecule has 2 heterocycles. The van der Waals surface area contributed by atoms with Crippen LogP contribution in [0.1, 0.15) is 30.9 Å². The van der Waals surface area contributed by atoms with Gasteiger partial charge in [-0.1, -0.05) is 43.6 Å². The van der Waals surface area contributed by atoms with E-state index in [0.717, 1.165) is 10.4 Å².